The van der Waals surface area contributed by atoms with Gasteiger partial charge in [0.05, 0.1) is 12.5 Å². The molecule has 0 amide bonds. The first-order chi connectivity index (χ1) is 8.08. The molecule has 92 valence electrons. The SMILES string of the molecule is CC(=O)ON=C(C[S+](C)C)Oc1ccccc1. The van der Waals surface area contributed by atoms with E-state index in [-0.39, 0.29) is 10.9 Å². The summed E-state index contributed by atoms with van der Waals surface area (Å²) < 4.78 is 5.56. The number of ether oxygens (including phenoxy) is 1. The van der Waals surface area contributed by atoms with Gasteiger partial charge in [-0.2, -0.15) is 0 Å². The molecule has 0 spiro atoms. The number of nitrogens with zero attached hydrogens (tertiary/aromatic N) is 1. The number of carbonyl (C=O) groups excluding carboxylic acids is 1. The fourth-order valence-electron chi connectivity index (χ4n) is 1.06. The molecule has 0 saturated heterocycles. The Balaban J connectivity index is 2.70. The lowest BCUT2D eigenvalue weighted by atomic mass is 10.3. The molecule has 0 aliphatic carbocycles. The molecule has 17 heavy (non-hydrogen) atoms. The fraction of sp³-hybridized carbons (Fsp3) is 0.333. The van der Waals surface area contributed by atoms with E-state index >= 15 is 0 Å². The van der Waals surface area contributed by atoms with Crippen molar-refractivity contribution in [2.24, 2.45) is 5.16 Å². The summed E-state index contributed by atoms with van der Waals surface area (Å²) in [6.07, 6.45) is 4.13. The largest absolute Gasteiger partial charge is 0.436 e. The van der Waals surface area contributed by atoms with Gasteiger partial charge in [-0.1, -0.05) is 18.2 Å². The molecule has 0 bridgehead atoms. The summed E-state index contributed by atoms with van der Waals surface area (Å²) in [7, 11) is 0.119. The highest BCUT2D eigenvalue weighted by atomic mass is 32.2. The van der Waals surface area contributed by atoms with E-state index in [0.29, 0.717) is 17.4 Å². The Hall–Kier alpha value is -1.49. The normalized spacial score (nSPS) is 11.4. The number of oxime groups is 1. The van der Waals surface area contributed by atoms with Gasteiger partial charge in [0, 0.05) is 6.92 Å². The number of para-hydroxylation sites is 1. The summed E-state index contributed by atoms with van der Waals surface area (Å²) in [4.78, 5) is 15.3. The minimum absolute atomic E-state index is 0.119. The fourth-order valence-corrected chi connectivity index (χ4v) is 1.67. The smallest absolute Gasteiger partial charge is 0.332 e. The number of carbonyl (C=O) groups is 1. The number of hydrogen-bond acceptors (Lipinski definition) is 4. The second kappa shape index (κ2) is 6.96. The summed E-state index contributed by atoms with van der Waals surface area (Å²) in [6.45, 7) is 1.31. The van der Waals surface area contributed by atoms with E-state index in [2.05, 4.69) is 22.5 Å². The van der Waals surface area contributed by atoms with Crippen LogP contribution in [-0.2, 0) is 20.5 Å². The van der Waals surface area contributed by atoms with Gasteiger partial charge in [-0.3, -0.25) is 0 Å². The number of rotatable bonds is 4. The summed E-state index contributed by atoms with van der Waals surface area (Å²) >= 11 is 0. The molecule has 0 unspecified atom stereocenters. The third-order valence-electron chi connectivity index (χ3n) is 1.67. The maximum Gasteiger partial charge on any atom is 0.332 e. The first-order valence-corrected chi connectivity index (χ1v) is 7.30. The molecular formula is C12H16NO3S+. The van der Waals surface area contributed by atoms with Crippen molar-refractivity contribution >= 4 is 22.8 Å². The molecule has 0 radical (unpaired) electrons. The lowest BCUT2D eigenvalue weighted by molar-refractivity contribution is -0.141. The average molecular weight is 254 g/mol. The molecular weight excluding hydrogens is 238 g/mol. The summed E-state index contributed by atoms with van der Waals surface area (Å²) in [5, 5.41) is 3.71. The van der Waals surface area contributed by atoms with Gasteiger partial charge in [0.1, 0.15) is 5.75 Å². The number of hydrogen-bond donors (Lipinski definition) is 0. The van der Waals surface area contributed by atoms with Crippen molar-refractivity contribution < 1.29 is 14.4 Å². The Labute approximate surface area is 104 Å². The van der Waals surface area contributed by atoms with Gasteiger partial charge in [0.25, 0.3) is 5.90 Å². The Morgan fingerprint density at radius 1 is 1.29 bits per heavy atom. The van der Waals surface area contributed by atoms with Crippen molar-refractivity contribution in [2.45, 2.75) is 6.92 Å². The van der Waals surface area contributed by atoms with E-state index in [4.69, 9.17) is 4.74 Å². The van der Waals surface area contributed by atoms with Gasteiger partial charge < -0.3 is 9.57 Å². The van der Waals surface area contributed by atoms with E-state index in [0.717, 1.165) is 0 Å². The van der Waals surface area contributed by atoms with E-state index in [1.54, 1.807) is 0 Å². The van der Waals surface area contributed by atoms with Gasteiger partial charge in [-0.05, 0) is 28.2 Å². The van der Waals surface area contributed by atoms with Crippen LogP contribution in [0.4, 0.5) is 0 Å². The standard InChI is InChI=1S/C12H16NO3S/c1-10(14)16-13-12(9-17(2)3)15-11-7-5-4-6-8-11/h4-8H,9H2,1-3H3/q+1. The predicted molar refractivity (Wildman–Crippen MR) is 70.4 cm³/mol. The Morgan fingerprint density at radius 3 is 2.47 bits per heavy atom. The molecule has 1 aromatic carbocycles. The molecule has 0 saturated carbocycles. The van der Waals surface area contributed by atoms with Crippen LogP contribution in [0.5, 0.6) is 5.75 Å². The minimum atomic E-state index is -0.453. The molecule has 1 aromatic rings. The summed E-state index contributed by atoms with van der Waals surface area (Å²) in [5.41, 5.74) is 0. The molecule has 0 atom stereocenters. The van der Waals surface area contributed by atoms with Crippen LogP contribution in [0.25, 0.3) is 0 Å². The Kier molecular flexibility index (Phi) is 5.56. The van der Waals surface area contributed by atoms with Crippen LogP contribution in [0.2, 0.25) is 0 Å². The van der Waals surface area contributed by atoms with Crippen molar-refractivity contribution in [1.29, 1.82) is 0 Å². The van der Waals surface area contributed by atoms with Gasteiger partial charge in [-0.25, -0.2) is 4.79 Å². The van der Waals surface area contributed by atoms with Crippen LogP contribution in [0.15, 0.2) is 35.5 Å². The summed E-state index contributed by atoms with van der Waals surface area (Å²) in [5.74, 6) is 1.29. The van der Waals surface area contributed by atoms with Crippen LogP contribution < -0.4 is 4.74 Å². The lowest BCUT2D eigenvalue weighted by Gasteiger charge is -2.06. The van der Waals surface area contributed by atoms with Crippen molar-refractivity contribution in [3.63, 3.8) is 0 Å². The van der Waals surface area contributed by atoms with Crippen molar-refractivity contribution in [3.8, 4) is 5.75 Å². The molecule has 0 fully saturated rings. The second-order valence-corrected chi connectivity index (χ2v) is 5.87. The van der Waals surface area contributed by atoms with Crippen LogP contribution >= 0.6 is 0 Å². The minimum Gasteiger partial charge on any atom is -0.436 e. The van der Waals surface area contributed by atoms with E-state index in [9.17, 15) is 4.79 Å². The van der Waals surface area contributed by atoms with Gasteiger partial charge in [0.15, 0.2) is 5.75 Å². The van der Waals surface area contributed by atoms with Crippen molar-refractivity contribution in [1.82, 2.24) is 0 Å². The van der Waals surface area contributed by atoms with Gasteiger partial charge in [0.2, 0.25) is 0 Å². The maximum atomic E-state index is 10.7. The highest BCUT2D eigenvalue weighted by Gasteiger charge is 2.13. The quantitative estimate of drug-likeness (QED) is 0.271. The van der Waals surface area contributed by atoms with Crippen molar-refractivity contribution in [2.75, 3.05) is 18.3 Å². The third kappa shape index (κ3) is 5.97. The first-order valence-electron chi connectivity index (χ1n) is 5.09. The predicted octanol–water partition coefficient (Wildman–Crippen LogP) is 1.82. The molecule has 0 aromatic heterocycles. The zero-order valence-corrected chi connectivity index (χ0v) is 11.0. The first kappa shape index (κ1) is 13.6. The average Bonchev–Trinajstić information content (AvgIpc) is 2.26. The second-order valence-electron chi connectivity index (χ2n) is 3.61. The van der Waals surface area contributed by atoms with Crippen LogP contribution in [0.3, 0.4) is 0 Å². The number of benzene rings is 1. The lowest BCUT2D eigenvalue weighted by Crippen LogP contribution is -2.20. The van der Waals surface area contributed by atoms with E-state index in [1.807, 2.05) is 30.3 Å². The monoisotopic (exact) mass is 254 g/mol. The van der Waals surface area contributed by atoms with Gasteiger partial charge in [-0.15, -0.1) is 0 Å². The van der Waals surface area contributed by atoms with E-state index in [1.165, 1.54) is 6.92 Å². The van der Waals surface area contributed by atoms with Crippen LogP contribution in [-0.4, -0.2) is 30.1 Å². The highest BCUT2D eigenvalue weighted by Crippen LogP contribution is 2.09. The van der Waals surface area contributed by atoms with Gasteiger partial charge >= 0.3 is 5.97 Å². The van der Waals surface area contributed by atoms with Crippen LogP contribution in [0, 0.1) is 0 Å². The summed E-state index contributed by atoms with van der Waals surface area (Å²) in [6, 6.07) is 9.30. The molecule has 0 aliphatic rings. The van der Waals surface area contributed by atoms with Crippen molar-refractivity contribution in [3.05, 3.63) is 30.3 Å². The maximum absolute atomic E-state index is 10.7. The van der Waals surface area contributed by atoms with Crippen LogP contribution in [0.1, 0.15) is 6.92 Å². The molecule has 0 aliphatic heterocycles. The van der Waals surface area contributed by atoms with E-state index < -0.39 is 5.97 Å². The zero-order valence-electron chi connectivity index (χ0n) is 10.2. The molecule has 0 N–H and O–H groups in total. The Bertz CT molecular complexity index is 390. The highest BCUT2D eigenvalue weighted by molar-refractivity contribution is 7.96. The molecule has 5 heteroatoms. The third-order valence-corrected chi connectivity index (χ3v) is 2.49. The molecule has 0 heterocycles. The molecule has 4 nitrogen and oxygen atoms in total. The Morgan fingerprint density at radius 2 is 1.94 bits per heavy atom. The topological polar surface area (TPSA) is 47.9 Å². The molecule has 1 rings (SSSR count). The zero-order chi connectivity index (χ0) is 12.7.